The average Bonchev–Trinajstić information content (AvgIpc) is 3.06. The van der Waals surface area contributed by atoms with Crippen LogP contribution in [-0.2, 0) is 30.5 Å². The molecule has 0 saturated heterocycles. The molecule has 0 unspecified atom stereocenters. The van der Waals surface area contributed by atoms with Crippen molar-refractivity contribution in [2.24, 2.45) is 0 Å². The third kappa shape index (κ3) is 8.72. The summed E-state index contributed by atoms with van der Waals surface area (Å²) >= 11 is 0. The molecule has 1 aromatic heterocycles. The van der Waals surface area contributed by atoms with Gasteiger partial charge in [-0.1, -0.05) is 54.6 Å². The Morgan fingerprint density at radius 1 is 0.717 bits per heavy atom. The van der Waals surface area contributed by atoms with E-state index in [1.807, 2.05) is 54.6 Å². The maximum absolute atomic E-state index is 13.3. The van der Waals surface area contributed by atoms with Crippen molar-refractivity contribution in [2.45, 2.75) is 25.7 Å². The van der Waals surface area contributed by atoms with Gasteiger partial charge >= 0.3 is 12.2 Å². The van der Waals surface area contributed by atoms with Gasteiger partial charge in [0.1, 0.15) is 5.75 Å². The monoisotopic (exact) mass is 624 g/mol. The SMILES string of the molecule is COc1ccc(NC(=O)Cc2ccc(-c3ccc(CN(Cc4cccnc4)C(=O)Nc4ccc(C(F)(F)F)cc4)cc3)cc2)cc1. The number of nitrogens with one attached hydrogen (secondary N) is 2. The first-order chi connectivity index (χ1) is 22.2. The molecule has 0 spiro atoms. The minimum Gasteiger partial charge on any atom is -0.497 e. The molecule has 0 aliphatic carbocycles. The Morgan fingerprint density at radius 3 is 1.85 bits per heavy atom. The minimum atomic E-state index is -4.46. The Bertz CT molecular complexity index is 1740. The van der Waals surface area contributed by atoms with E-state index in [0.29, 0.717) is 11.4 Å². The van der Waals surface area contributed by atoms with Crippen LogP contribution in [0.5, 0.6) is 5.75 Å². The summed E-state index contributed by atoms with van der Waals surface area (Å²) in [6.45, 7) is 0.499. The first kappa shape index (κ1) is 31.8. The van der Waals surface area contributed by atoms with Crippen LogP contribution in [0.15, 0.2) is 122 Å². The number of rotatable bonds is 10. The van der Waals surface area contributed by atoms with Gasteiger partial charge in [0.2, 0.25) is 5.91 Å². The van der Waals surface area contributed by atoms with E-state index >= 15 is 0 Å². The molecule has 234 valence electrons. The van der Waals surface area contributed by atoms with E-state index in [1.54, 1.807) is 54.7 Å². The molecule has 2 N–H and O–H groups in total. The summed E-state index contributed by atoms with van der Waals surface area (Å²) in [7, 11) is 1.59. The number of hydrogen-bond donors (Lipinski definition) is 2. The van der Waals surface area contributed by atoms with E-state index in [0.717, 1.165) is 39.9 Å². The van der Waals surface area contributed by atoms with Crippen molar-refractivity contribution >= 4 is 23.3 Å². The number of carbonyl (C=O) groups is 2. The molecule has 0 radical (unpaired) electrons. The van der Waals surface area contributed by atoms with Gasteiger partial charge in [-0.05, 0) is 82.4 Å². The van der Waals surface area contributed by atoms with Gasteiger partial charge in [-0.3, -0.25) is 9.78 Å². The second kappa shape index (κ2) is 14.4. The van der Waals surface area contributed by atoms with E-state index < -0.39 is 17.8 Å². The van der Waals surface area contributed by atoms with Crippen molar-refractivity contribution in [3.05, 3.63) is 144 Å². The Hall–Kier alpha value is -5.64. The average molecular weight is 625 g/mol. The molecular weight excluding hydrogens is 593 g/mol. The number of halogens is 3. The first-order valence-electron chi connectivity index (χ1n) is 14.4. The van der Waals surface area contributed by atoms with Crippen LogP contribution in [0.25, 0.3) is 11.1 Å². The van der Waals surface area contributed by atoms with Crippen LogP contribution in [0.3, 0.4) is 0 Å². The van der Waals surface area contributed by atoms with Gasteiger partial charge in [0.05, 0.1) is 19.1 Å². The highest BCUT2D eigenvalue weighted by molar-refractivity contribution is 5.92. The zero-order valence-corrected chi connectivity index (χ0v) is 24.9. The molecule has 4 aromatic carbocycles. The topological polar surface area (TPSA) is 83.6 Å². The fourth-order valence-electron chi connectivity index (χ4n) is 4.76. The molecule has 46 heavy (non-hydrogen) atoms. The van der Waals surface area contributed by atoms with Gasteiger partial charge in [-0.2, -0.15) is 13.2 Å². The van der Waals surface area contributed by atoms with Crippen LogP contribution in [-0.4, -0.2) is 28.9 Å². The second-order valence-corrected chi connectivity index (χ2v) is 10.6. The quantitative estimate of drug-likeness (QED) is 0.164. The van der Waals surface area contributed by atoms with Gasteiger partial charge in [-0.15, -0.1) is 0 Å². The number of ether oxygens (including phenoxy) is 1. The molecule has 7 nitrogen and oxygen atoms in total. The Balaban J connectivity index is 1.22. The third-order valence-electron chi connectivity index (χ3n) is 7.20. The van der Waals surface area contributed by atoms with Gasteiger partial charge in [0, 0.05) is 36.9 Å². The number of methoxy groups -OCH3 is 1. The smallest absolute Gasteiger partial charge is 0.416 e. The highest BCUT2D eigenvalue weighted by atomic mass is 19.4. The summed E-state index contributed by atoms with van der Waals surface area (Å²) in [6, 6.07) is 30.1. The lowest BCUT2D eigenvalue weighted by molar-refractivity contribution is -0.137. The fourth-order valence-corrected chi connectivity index (χ4v) is 4.76. The van der Waals surface area contributed by atoms with Gasteiger partial charge in [0.15, 0.2) is 0 Å². The number of nitrogens with zero attached hydrogens (tertiary/aromatic N) is 2. The lowest BCUT2D eigenvalue weighted by atomic mass is 10.0. The number of hydrogen-bond acceptors (Lipinski definition) is 4. The van der Waals surface area contributed by atoms with Gasteiger partial charge < -0.3 is 20.3 Å². The molecule has 0 saturated carbocycles. The Kier molecular flexibility index (Phi) is 9.97. The number of anilines is 2. The van der Waals surface area contributed by atoms with Gasteiger partial charge in [-0.25, -0.2) is 4.79 Å². The van der Waals surface area contributed by atoms with Crippen molar-refractivity contribution in [1.29, 1.82) is 0 Å². The summed E-state index contributed by atoms with van der Waals surface area (Å²) < 4.78 is 44.0. The summed E-state index contributed by atoms with van der Waals surface area (Å²) in [6.07, 6.45) is -0.933. The zero-order valence-electron chi connectivity index (χ0n) is 24.9. The van der Waals surface area contributed by atoms with Crippen LogP contribution in [0.2, 0.25) is 0 Å². The molecule has 5 aromatic rings. The van der Waals surface area contributed by atoms with Crippen molar-refractivity contribution in [2.75, 3.05) is 17.7 Å². The van der Waals surface area contributed by atoms with E-state index in [2.05, 4.69) is 15.6 Å². The minimum absolute atomic E-state index is 0.125. The number of benzene rings is 4. The molecule has 0 aliphatic rings. The van der Waals surface area contributed by atoms with E-state index in [9.17, 15) is 22.8 Å². The number of amides is 3. The normalized spacial score (nSPS) is 11.0. The molecule has 0 bridgehead atoms. The largest absolute Gasteiger partial charge is 0.497 e. The number of carbonyl (C=O) groups excluding carboxylic acids is 2. The van der Waals surface area contributed by atoms with Crippen molar-refractivity contribution in [1.82, 2.24) is 9.88 Å². The lowest BCUT2D eigenvalue weighted by Gasteiger charge is -2.23. The molecule has 5 rings (SSSR count). The predicted molar refractivity (Wildman–Crippen MR) is 171 cm³/mol. The van der Waals surface area contributed by atoms with Gasteiger partial charge in [0.25, 0.3) is 0 Å². The van der Waals surface area contributed by atoms with E-state index in [1.165, 1.54) is 12.1 Å². The maximum Gasteiger partial charge on any atom is 0.416 e. The highest BCUT2D eigenvalue weighted by Gasteiger charge is 2.30. The Labute approximate surface area is 264 Å². The lowest BCUT2D eigenvalue weighted by Crippen LogP contribution is -2.34. The van der Waals surface area contributed by atoms with Crippen LogP contribution in [0.1, 0.15) is 22.3 Å². The fraction of sp³-hybridized carbons (Fsp3) is 0.139. The number of aromatic nitrogens is 1. The molecule has 1 heterocycles. The summed E-state index contributed by atoms with van der Waals surface area (Å²) in [5.41, 5.74) is 4.63. The maximum atomic E-state index is 13.3. The van der Waals surface area contributed by atoms with Crippen LogP contribution < -0.4 is 15.4 Å². The van der Waals surface area contributed by atoms with E-state index in [-0.39, 0.29) is 31.1 Å². The van der Waals surface area contributed by atoms with Crippen molar-refractivity contribution < 1.29 is 27.5 Å². The van der Waals surface area contributed by atoms with Crippen LogP contribution in [0.4, 0.5) is 29.3 Å². The Morgan fingerprint density at radius 2 is 1.28 bits per heavy atom. The van der Waals surface area contributed by atoms with Crippen LogP contribution in [0, 0.1) is 0 Å². The molecule has 0 aliphatic heterocycles. The standard InChI is InChI=1S/C36H31F3N4O3/c1-46-33-18-16-31(17-19-33)41-34(44)21-25-4-8-28(9-5-25)29-10-6-26(7-11-29)23-43(24-27-3-2-20-40-22-27)35(45)42-32-14-12-30(13-15-32)36(37,38)39/h2-20,22H,21,23-24H2,1H3,(H,41,44)(H,42,45). The molecule has 0 atom stereocenters. The molecule has 0 fully saturated rings. The predicted octanol–water partition coefficient (Wildman–Crippen LogP) is 8.19. The molecule has 10 heteroatoms. The number of urea groups is 1. The van der Waals surface area contributed by atoms with Crippen molar-refractivity contribution in [3.63, 3.8) is 0 Å². The summed E-state index contributed by atoms with van der Waals surface area (Å²) in [4.78, 5) is 31.5. The van der Waals surface area contributed by atoms with E-state index in [4.69, 9.17) is 4.74 Å². The number of pyridine rings is 1. The number of alkyl halides is 3. The third-order valence-corrected chi connectivity index (χ3v) is 7.20. The molecule has 3 amide bonds. The highest BCUT2D eigenvalue weighted by Crippen LogP contribution is 2.30. The molecular formula is C36H31F3N4O3. The summed E-state index contributed by atoms with van der Waals surface area (Å²) in [5, 5.41) is 5.58. The summed E-state index contributed by atoms with van der Waals surface area (Å²) in [5.74, 6) is 0.589. The van der Waals surface area contributed by atoms with Crippen LogP contribution >= 0.6 is 0 Å². The zero-order chi connectivity index (χ0) is 32.5. The van der Waals surface area contributed by atoms with Crippen molar-refractivity contribution in [3.8, 4) is 16.9 Å². The second-order valence-electron chi connectivity index (χ2n) is 10.6. The first-order valence-corrected chi connectivity index (χ1v) is 14.4.